The van der Waals surface area contributed by atoms with E-state index in [1.807, 2.05) is 12.1 Å². The van der Waals surface area contributed by atoms with Crippen LogP contribution < -0.4 is 5.32 Å². The Labute approximate surface area is 100 Å². The highest BCUT2D eigenvalue weighted by Crippen LogP contribution is 2.05. The summed E-state index contributed by atoms with van der Waals surface area (Å²) in [5, 5.41) is 21.0. The van der Waals surface area contributed by atoms with E-state index in [4.69, 9.17) is 10.5 Å². The monoisotopic (exact) mass is 230 g/mol. The van der Waals surface area contributed by atoms with E-state index in [9.17, 15) is 0 Å². The Bertz CT molecular complexity index is 457. The van der Waals surface area contributed by atoms with Crippen molar-refractivity contribution in [2.24, 2.45) is 0 Å². The third-order valence-corrected chi connectivity index (χ3v) is 2.92. The molecular formula is C11H14N6. The van der Waals surface area contributed by atoms with Gasteiger partial charge in [0.1, 0.15) is 12.1 Å². The van der Waals surface area contributed by atoms with Crippen LogP contribution in [0.4, 0.5) is 0 Å². The molecule has 0 radical (unpaired) electrons. The fourth-order valence-corrected chi connectivity index (χ4v) is 1.93. The summed E-state index contributed by atoms with van der Waals surface area (Å²) in [6.07, 6.45) is 1.57. The highest BCUT2D eigenvalue weighted by molar-refractivity contribution is 5.35. The molecule has 6 nitrogen and oxygen atoms in total. The van der Waals surface area contributed by atoms with Gasteiger partial charge in [0.15, 0.2) is 11.4 Å². The minimum absolute atomic E-state index is 0.216. The third-order valence-electron chi connectivity index (χ3n) is 2.92. The zero-order valence-electron chi connectivity index (χ0n) is 9.56. The zero-order valence-corrected chi connectivity index (χ0v) is 9.56. The van der Waals surface area contributed by atoms with Gasteiger partial charge in [0.05, 0.1) is 6.33 Å². The van der Waals surface area contributed by atoms with E-state index in [2.05, 4.69) is 15.2 Å². The average Bonchev–Trinajstić information content (AvgIpc) is 2.79. The summed E-state index contributed by atoms with van der Waals surface area (Å²) in [5.41, 5.74) is 0.579. The number of nitrogens with one attached hydrogen (secondary N) is 1. The summed E-state index contributed by atoms with van der Waals surface area (Å²) in [6, 6.07) is 3.96. The van der Waals surface area contributed by atoms with Crippen molar-refractivity contribution in [1.29, 1.82) is 10.5 Å². The number of piperazine rings is 1. The van der Waals surface area contributed by atoms with Crippen LogP contribution in [0.3, 0.4) is 0 Å². The second-order valence-corrected chi connectivity index (χ2v) is 3.95. The molecule has 0 atom stereocenters. The molecule has 0 aliphatic carbocycles. The molecule has 1 saturated heterocycles. The Kier molecular flexibility index (Phi) is 3.71. The Balaban J connectivity index is 1.97. The van der Waals surface area contributed by atoms with E-state index in [1.165, 1.54) is 0 Å². The van der Waals surface area contributed by atoms with Gasteiger partial charge in [-0.15, -0.1) is 0 Å². The van der Waals surface area contributed by atoms with E-state index in [1.54, 1.807) is 10.9 Å². The summed E-state index contributed by atoms with van der Waals surface area (Å²) in [5.74, 6) is 0. The van der Waals surface area contributed by atoms with Crippen molar-refractivity contribution < 1.29 is 0 Å². The minimum atomic E-state index is 0.216. The molecule has 0 spiro atoms. The van der Waals surface area contributed by atoms with Crippen LogP contribution in [0.25, 0.3) is 0 Å². The van der Waals surface area contributed by atoms with Gasteiger partial charge in [0.25, 0.3) is 0 Å². The molecule has 0 amide bonds. The number of nitrogens with zero attached hydrogens (tertiary/aromatic N) is 5. The summed E-state index contributed by atoms with van der Waals surface area (Å²) in [4.78, 5) is 6.25. The molecule has 1 aromatic rings. The average molecular weight is 230 g/mol. The van der Waals surface area contributed by atoms with E-state index in [-0.39, 0.29) is 5.69 Å². The highest BCUT2D eigenvalue weighted by atomic mass is 15.2. The van der Waals surface area contributed by atoms with E-state index >= 15 is 0 Å². The molecule has 2 heterocycles. The van der Waals surface area contributed by atoms with Gasteiger partial charge < -0.3 is 9.88 Å². The topological polar surface area (TPSA) is 80.7 Å². The number of hydrogen-bond donors (Lipinski definition) is 1. The first-order valence-corrected chi connectivity index (χ1v) is 5.63. The quantitative estimate of drug-likeness (QED) is 0.759. The summed E-state index contributed by atoms with van der Waals surface area (Å²) >= 11 is 0. The number of hydrogen-bond acceptors (Lipinski definition) is 5. The molecule has 6 heteroatoms. The van der Waals surface area contributed by atoms with Gasteiger partial charge in [0, 0.05) is 39.3 Å². The van der Waals surface area contributed by atoms with Crippen molar-refractivity contribution in [3.8, 4) is 12.1 Å². The predicted octanol–water partition coefficient (Wildman–Crippen LogP) is -0.468. The largest absolute Gasteiger partial charge is 0.320 e. The van der Waals surface area contributed by atoms with Crippen LogP contribution in [0.15, 0.2) is 6.33 Å². The van der Waals surface area contributed by atoms with E-state index in [0.29, 0.717) is 12.2 Å². The molecule has 0 bridgehead atoms. The van der Waals surface area contributed by atoms with Gasteiger partial charge in [-0.25, -0.2) is 4.98 Å². The molecule has 1 aliphatic heterocycles. The summed E-state index contributed by atoms with van der Waals surface area (Å²) < 4.78 is 1.75. The molecule has 1 N–H and O–H groups in total. The van der Waals surface area contributed by atoms with Crippen LogP contribution in [-0.2, 0) is 6.54 Å². The van der Waals surface area contributed by atoms with Crippen molar-refractivity contribution in [2.45, 2.75) is 6.54 Å². The van der Waals surface area contributed by atoms with Crippen molar-refractivity contribution in [3.63, 3.8) is 0 Å². The maximum atomic E-state index is 8.97. The zero-order chi connectivity index (χ0) is 12.1. The van der Waals surface area contributed by atoms with Crippen LogP contribution >= 0.6 is 0 Å². The number of aromatic nitrogens is 2. The van der Waals surface area contributed by atoms with Crippen molar-refractivity contribution in [2.75, 3.05) is 32.7 Å². The molecule has 17 heavy (non-hydrogen) atoms. The second kappa shape index (κ2) is 5.44. The van der Waals surface area contributed by atoms with Crippen LogP contribution in [-0.4, -0.2) is 47.2 Å². The summed E-state index contributed by atoms with van der Waals surface area (Å²) in [6.45, 7) is 5.68. The fraction of sp³-hybridized carbons (Fsp3) is 0.545. The molecule has 1 aromatic heterocycles. The molecule has 2 rings (SSSR count). The van der Waals surface area contributed by atoms with E-state index in [0.717, 1.165) is 32.7 Å². The number of nitriles is 2. The van der Waals surface area contributed by atoms with Gasteiger partial charge in [-0.3, -0.25) is 4.90 Å². The lowest BCUT2D eigenvalue weighted by atomic mass is 10.3. The lowest BCUT2D eigenvalue weighted by Crippen LogP contribution is -2.44. The van der Waals surface area contributed by atoms with Crippen LogP contribution in [0, 0.1) is 22.7 Å². The molecule has 0 aromatic carbocycles. The molecule has 0 saturated carbocycles. The molecule has 1 aliphatic rings. The first-order valence-electron chi connectivity index (χ1n) is 5.63. The smallest absolute Gasteiger partial charge is 0.176 e. The van der Waals surface area contributed by atoms with Crippen molar-refractivity contribution in [1.82, 2.24) is 19.8 Å². The Hall–Kier alpha value is -1.89. The normalized spacial score (nSPS) is 16.4. The van der Waals surface area contributed by atoms with Gasteiger partial charge in [-0.05, 0) is 0 Å². The van der Waals surface area contributed by atoms with Crippen LogP contribution in [0.1, 0.15) is 11.4 Å². The maximum Gasteiger partial charge on any atom is 0.176 e. The number of rotatable bonds is 3. The van der Waals surface area contributed by atoms with Crippen LogP contribution in [0.5, 0.6) is 0 Å². The Morgan fingerprint density at radius 3 is 2.65 bits per heavy atom. The third kappa shape index (κ3) is 2.62. The van der Waals surface area contributed by atoms with Gasteiger partial charge in [-0.1, -0.05) is 0 Å². The Morgan fingerprint density at radius 1 is 1.24 bits per heavy atom. The fourth-order valence-electron chi connectivity index (χ4n) is 1.93. The standard InChI is InChI=1S/C11H14N6/c12-7-10-11(8-13)17(9-15-10)6-5-16-3-1-14-2-4-16/h9,14H,1-6H2. The predicted molar refractivity (Wildman–Crippen MR) is 61.0 cm³/mol. The van der Waals surface area contributed by atoms with Crippen molar-refractivity contribution in [3.05, 3.63) is 17.7 Å². The van der Waals surface area contributed by atoms with Gasteiger partial charge in [0.2, 0.25) is 0 Å². The lowest BCUT2D eigenvalue weighted by Gasteiger charge is -2.27. The first-order chi connectivity index (χ1) is 8.35. The van der Waals surface area contributed by atoms with E-state index < -0.39 is 0 Å². The molecule has 0 unspecified atom stereocenters. The highest BCUT2D eigenvalue weighted by Gasteiger charge is 2.12. The van der Waals surface area contributed by atoms with Crippen LogP contribution in [0.2, 0.25) is 0 Å². The maximum absolute atomic E-state index is 8.97. The molecule has 88 valence electrons. The second-order valence-electron chi connectivity index (χ2n) is 3.95. The van der Waals surface area contributed by atoms with Crippen molar-refractivity contribution >= 4 is 0 Å². The minimum Gasteiger partial charge on any atom is -0.320 e. The first kappa shape index (κ1) is 11.6. The SMILES string of the molecule is N#Cc1ncn(CCN2CCNCC2)c1C#N. The van der Waals surface area contributed by atoms with Gasteiger partial charge >= 0.3 is 0 Å². The molecule has 1 fully saturated rings. The Morgan fingerprint density at radius 2 is 2.00 bits per heavy atom. The van der Waals surface area contributed by atoms with Gasteiger partial charge in [-0.2, -0.15) is 10.5 Å². The summed E-state index contributed by atoms with van der Waals surface area (Å²) in [7, 11) is 0. The lowest BCUT2D eigenvalue weighted by molar-refractivity contribution is 0.232. The molecular weight excluding hydrogens is 216 g/mol. The number of imidazole rings is 1.